The van der Waals surface area contributed by atoms with E-state index < -0.39 is 0 Å². The van der Waals surface area contributed by atoms with Crippen molar-refractivity contribution < 1.29 is 4.74 Å². The summed E-state index contributed by atoms with van der Waals surface area (Å²) in [6.45, 7) is 2.42. The number of nitrogens with zero attached hydrogens (tertiary/aromatic N) is 4. The van der Waals surface area contributed by atoms with Gasteiger partial charge in [0.2, 0.25) is 5.88 Å². The molecule has 6 heteroatoms. The van der Waals surface area contributed by atoms with Crippen molar-refractivity contribution in [1.29, 1.82) is 0 Å². The maximum atomic E-state index is 5.82. The molecule has 0 aliphatic rings. The topological polar surface area (TPSA) is 64.9 Å². The summed E-state index contributed by atoms with van der Waals surface area (Å²) in [5, 5.41) is 9.60. The van der Waals surface area contributed by atoms with Gasteiger partial charge in [-0.1, -0.05) is 18.2 Å². The number of ether oxygens (including phenoxy) is 1. The molecule has 2 aromatic heterocycles. The lowest BCUT2D eigenvalue weighted by Crippen LogP contribution is -2.13. The van der Waals surface area contributed by atoms with Crippen molar-refractivity contribution in [2.75, 3.05) is 7.05 Å². The summed E-state index contributed by atoms with van der Waals surface area (Å²) in [6, 6.07) is 8.35. The molecule has 1 atom stereocenters. The molecule has 0 spiro atoms. The molecular weight excluding hydrogens is 278 g/mol. The Balaban J connectivity index is 1.93. The van der Waals surface area contributed by atoms with Crippen LogP contribution in [0.1, 0.15) is 24.4 Å². The summed E-state index contributed by atoms with van der Waals surface area (Å²) in [4.78, 5) is 8.63. The van der Waals surface area contributed by atoms with Crippen molar-refractivity contribution in [3.8, 4) is 5.88 Å². The maximum Gasteiger partial charge on any atom is 0.221 e. The van der Waals surface area contributed by atoms with E-state index >= 15 is 0 Å². The smallest absolute Gasteiger partial charge is 0.221 e. The fourth-order valence-electron chi connectivity index (χ4n) is 2.39. The van der Waals surface area contributed by atoms with E-state index in [0.29, 0.717) is 18.3 Å². The van der Waals surface area contributed by atoms with Gasteiger partial charge in [0.05, 0.1) is 0 Å². The van der Waals surface area contributed by atoms with Crippen LogP contribution in [0, 0.1) is 0 Å². The van der Waals surface area contributed by atoms with Crippen LogP contribution in [0.5, 0.6) is 5.88 Å². The average Bonchev–Trinajstić information content (AvgIpc) is 2.97. The Kier molecular flexibility index (Phi) is 4.02. The van der Waals surface area contributed by atoms with Gasteiger partial charge in [-0.05, 0) is 31.0 Å². The number of aromatic nitrogens is 4. The summed E-state index contributed by atoms with van der Waals surface area (Å²) in [7, 11) is 3.77. The molecule has 0 saturated heterocycles. The normalized spacial score (nSPS) is 12.5. The first kappa shape index (κ1) is 14.5. The van der Waals surface area contributed by atoms with Gasteiger partial charge in [0.1, 0.15) is 6.33 Å². The fourth-order valence-corrected chi connectivity index (χ4v) is 2.39. The lowest BCUT2D eigenvalue weighted by Gasteiger charge is -2.15. The van der Waals surface area contributed by atoms with Crippen molar-refractivity contribution in [3.05, 3.63) is 48.2 Å². The molecule has 22 heavy (non-hydrogen) atoms. The fraction of sp³-hybridized carbons (Fsp3) is 0.312. The van der Waals surface area contributed by atoms with Gasteiger partial charge >= 0.3 is 0 Å². The monoisotopic (exact) mass is 297 g/mol. The number of hydrogen-bond donors (Lipinski definition) is 1. The third kappa shape index (κ3) is 2.78. The molecule has 114 valence electrons. The van der Waals surface area contributed by atoms with Gasteiger partial charge < -0.3 is 10.1 Å². The molecule has 6 nitrogen and oxygen atoms in total. The summed E-state index contributed by atoms with van der Waals surface area (Å²) < 4.78 is 7.47. The first-order chi connectivity index (χ1) is 10.7. The van der Waals surface area contributed by atoms with E-state index in [1.54, 1.807) is 11.0 Å². The predicted molar refractivity (Wildman–Crippen MR) is 84.6 cm³/mol. The highest BCUT2D eigenvalue weighted by Gasteiger charge is 2.12. The second-order valence-corrected chi connectivity index (χ2v) is 5.20. The van der Waals surface area contributed by atoms with E-state index in [1.165, 1.54) is 0 Å². The largest absolute Gasteiger partial charge is 0.469 e. The minimum absolute atomic E-state index is 0.226. The van der Waals surface area contributed by atoms with E-state index in [-0.39, 0.29) is 6.04 Å². The zero-order valence-corrected chi connectivity index (χ0v) is 12.9. The van der Waals surface area contributed by atoms with Crippen LogP contribution in [-0.4, -0.2) is 26.8 Å². The van der Waals surface area contributed by atoms with Crippen molar-refractivity contribution in [2.45, 2.75) is 19.6 Å². The highest BCUT2D eigenvalue weighted by atomic mass is 16.5. The first-order valence-corrected chi connectivity index (χ1v) is 7.21. The molecule has 1 unspecified atom stereocenters. The van der Waals surface area contributed by atoms with E-state index in [4.69, 9.17) is 4.74 Å². The van der Waals surface area contributed by atoms with Crippen LogP contribution in [-0.2, 0) is 13.7 Å². The number of nitrogens with one attached hydrogen (secondary N) is 1. The standard InChI is InChI=1S/C16H19N5O/c1-11(17-2)14-8-18-16(13-7-5-4-6-12(13)14)22-9-15-19-10-21(3)20-15/h4-8,10-11,17H,9H2,1-3H3. The second-order valence-electron chi connectivity index (χ2n) is 5.20. The van der Waals surface area contributed by atoms with Crippen molar-refractivity contribution >= 4 is 10.8 Å². The number of pyridine rings is 1. The zero-order chi connectivity index (χ0) is 15.5. The molecule has 0 aliphatic heterocycles. The Bertz CT molecular complexity index is 783. The van der Waals surface area contributed by atoms with Crippen molar-refractivity contribution in [2.24, 2.45) is 7.05 Å². The predicted octanol–water partition coefficient (Wildman–Crippen LogP) is 2.22. The van der Waals surface area contributed by atoms with Gasteiger partial charge in [-0.3, -0.25) is 4.68 Å². The molecule has 2 heterocycles. The molecule has 3 aromatic rings. The molecule has 3 rings (SSSR count). The van der Waals surface area contributed by atoms with Gasteiger partial charge in [-0.15, -0.1) is 0 Å². The number of hydrogen-bond acceptors (Lipinski definition) is 5. The van der Waals surface area contributed by atoms with Crippen LogP contribution in [0.25, 0.3) is 10.8 Å². The molecule has 1 aromatic carbocycles. The molecule has 0 fully saturated rings. The highest BCUT2D eigenvalue weighted by molar-refractivity contribution is 5.89. The minimum Gasteiger partial charge on any atom is -0.469 e. The average molecular weight is 297 g/mol. The molecule has 0 amide bonds. The van der Waals surface area contributed by atoms with Gasteiger partial charge in [0.25, 0.3) is 0 Å². The molecule has 0 radical (unpaired) electrons. The van der Waals surface area contributed by atoms with Crippen LogP contribution < -0.4 is 10.1 Å². The van der Waals surface area contributed by atoms with Crippen LogP contribution >= 0.6 is 0 Å². The summed E-state index contributed by atoms with van der Waals surface area (Å²) in [6.07, 6.45) is 3.52. The number of benzene rings is 1. The van der Waals surface area contributed by atoms with Crippen LogP contribution in [0.15, 0.2) is 36.8 Å². The number of fused-ring (bicyclic) bond motifs is 1. The quantitative estimate of drug-likeness (QED) is 0.782. The molecular formula is C16H19N5O. The lowest BCUT2D eigenvalue weighted by molar-refractivity contribution is 0.287. The van der Waals surface area contributed by atoms with E-state index in [1.807, 2.05) is 38.5 Å². The highest BCUT2D eigenvalue weighted by Crippen LogP contribution is 2.29. The summed E-state index contributed by atoms with van der Waals surface area (Å²) in [5.74, 6) is 1.25. The zero-order valence-electron chi connectivity index (χ0n) is 12.9. The molecule has 0 saturated carbocycles. The Morgan fingerprint density at radius 3 is 2.68 bits per heavy atom. The number of aryl methyl sites for hydroxylation is 1. The van der Waals surface area contributed by atoms with Crippen LogP contribution in [0.2, 0.25) is 0 Å². The van der Waals surface area contributed by atoms with E-state index in [9.17, 15) is 0 Å². The maximum absolute atomic E-state index is 5.82. The molecule has 0 aliphatic carbocycles. The third-order valence-electron chi connectivity index (χ3n) is 3.67. The summed E-state index contributed by atoms with van der Waals surface area (Å²) in [5.41, 5.74) is 1.15. The Labute approximate surface area is 129 Å². The van der Waals surface area contributed by atoms with Gasteiger partial charge in [-0.2, -0.15) is 5.10 Å². The van der Waals surface area contributed by atoms with Crippen LogP contribution in [0.3, 0.4) is 0 Å². The van der Waals surface area contributed by atoms with E-state index in [2.05, 4.69) is 33.4 Å². The van der Waals surface area contributed by atoms with Gasteiger partial charge in [0, 0.05) is 24.7 Å². The Hall–Kier alpha value is -2.47. The van der Waals surface area contributed by atoms with Gasteiger partial charge in [-0.25, -0.2) is 9.97 Å². The first-order valence-electron chi connectivity index (χ1n) is 7.21. The Morgan fingerprint density at radius 1 is 1.23 bits per heavy atom. The lowest BCUT2D eigenvalue weighted by atomic mass is 10.0. The SMILES string of the molecule is CNC(C)c1cnc(OCc2ncn(C)n2)c2ccccc12. The molecule has 1 N–H and O–H groups in total. The molecule has 0 bridgehead atoms. The number of rotatable bonds is 5. The van der Waals surface area contributed by atoms with Crippen molar-refractivity contribution in [1.82, 2.24) is 25.1 Å². The minimum atomic E-state index is 0.226. The van der Waals surface area contributed by atoms with Gasteiger partial charge in [0.15, 0.2) is 12.4 Å². The Morgan fingerprint density at radius 2 is 2.00 bits per heavy atom. The third-order valence-corrected chi connectivity index (χ3v) is 3.67. The van der Waals surface area contributed by atoms with Crippen molar-refractivity contribution in [3.63, 3.8) is 0 Å². The van der Waals surface area contributed by atoms with Crippen LogP contribution in [0.4, 0.5) is 0 Å². The van der Waals surface area contributed by atoms with E-state index in [0.717, 1.165) is 16.3 Å². The second kappa shape index (κ2) is 6.11. The summed E-state index contributed by atoms with van der Waals surface area (Å²) >= 11 is 0.